The van der Waals surface area contributed by atoms with Crippen LogP contribution in [0.15, 0.2) is 26.7 Å². The number of nitrogens with one attached hydrogen (secondary N) is 1. The highest BCUT2D eigenvalue weighted by molar-refractivity contribution is 9.11. The molecule has 2 rings (SSSR count). The lowest BCUT2D eigenvalue weighted by molar-refractivity contribution is 0.634. The van der Waals surface area contributed by atoms with E-state index in [-0.39, 0.29) is 0 Å². The summed E-state index contributed by atoms with van der Waals surface area (Å²) >= 11 is 7.07. The van der Waals surface area contributed by atoms with Gasteiger partial charge in [-0.05, 0) is 63.4 Å². The minimum atomic E-state index is 0.331. The number of hydrogen-bond donors (Lipinski definition) is 1. The zero-order valence-corrected chi connectivity index (χ0v) is 12.5. The normalized spacial score (nSPS) is 12.9. The van der Waals surface area contributed by atoms with Crippen LogP contribution in [0.4, 0.5) is 0 Å². The minimum absolute atomic E-state index is 0.331. The Hall–Kier alpha value is -0.160. The molecule has 0 radical (unpaired) electrons. The van der Waals surface area contributed by atoms with E-state index in [0.29, 0.717) is 6.04 Å². The Labute approximate surface area is 113 Å². The van der Waals surface area contributed by atoms with Crippen LogP contribution in [0.2, 0.25) is 0 Å². The van der Waals surface area contributed by atoms with E-state index in [1.54, 1.807) is 11.3 Å². The molecule has 0 spiro atoms. The van der Waals surface area contributed by atoms with E-state index in [9.17, 15) is 0 Å². The van der Waals surface area contributed by atoms with E-state index in [2.05, 4.69) is 58.0 Å². The third-order valence-corrected chi connectivity index (χ3v) is 4.82. The molecule has 0 fully saturated rings. The first-order chi connectivity index (χ1) is 7.70. The minimum Gasteiger partial charge on any atom is -0.306 e. The topological polar surface area (TPSA) is 12.0 Å². The van der Waals surface area contributed by atoms with Crippen molar-refractivity contribution in [2.24, 2.45) is 0 Å². The van der Waals surface area contributed by atoms with Crippen LogP contribution in [0, 0.1) is 6.92 Å². The lowest BCUT2D eigenvalue weighted by Gasteiger charge is -2.15. The van der Waals surface area contributed by atoms with E-state index < -0.39 is 0 Å². The number of aryl methyl sites for hydroxylation is 1. The molecule has 0 aliphatic rings. The molecule has 0 aliphatic heterocycles. The first kappa shape index (κ1) is 12.3. The van der Waals surface area contributed by atoms with Gasteiger partial charge in [0, 0.05) is 4.88 Å². The highest BCUT2D eigenvalue weighted by Gasteiger charge is 2.15. The van der Waals surface area contributed by atoms with Gasteiger partial charge in [0.05, 0.1) is 9.83 Å². The third kappa shape index (κ3) is 2.74. The molecular weight excluding hydrogens is 302 g/mol. The summed E-state index contributed by atoms with van der Waals surface area (Å²) in [5, 5.41) is 7.99. The number of halogens is 1. The van der Waals surface area contributed by atoms with Gasteiger partial charge >= 0.3 is 0 Å². The molecule has 0 amide bonds. The molecule has 1 N–H and O–H groups in total. The summed E-state index contributed by atoms with van der Waals surface area (Å²) in [5.41, 5.74) is 2.71. The predicted molar refractivity (Wildman–Crippen MR) is 76.6 cm³/mol. The smallest absolute Gasteiger partial charge is 0.0701 e. The molecule has 16 heavy (non-hydrogen) atoms. The van der Waals surface area contributed by atoms with Crippen molar-refractivity contribution < 1.29 is 0 Å². The largest absolute Gasteiger partial charge is 0.306 e. The van der Waals surface area contributed by atoms with Crippen molar-refractivity contribution in [3.8, 4) is 0 Å². The van der Waals surface area contributed by atoms with Crippen LogP contribution in [0.1, 0.15) is 29.0 Å². The fourth-order valence-electron chi connectivity index (χ4n) is 1.72. The van der Waals surface area contributed by atoms with E-state index in [1.165, 1.54) is 19.8 Å². The van der Waals surface area contributed by atoms with Gasteiger partial charge in [0.25, 0.3) is 0 Å². The van der Waals surface area contributed by atoms with Gasteiger partial charge in [-0.25, -0.2) is 0 Å². The molecule has 0 aromatic carbocycles. The Kier molecular flexibility index (Phi) is 4.19. The Morgan fingerprint density at radius 2 is 1.94 bits per heavy atom. The van der Waals surface area contributed by atoms with Crippen molar-refractivity contribution in [3.05, 3.63) is 42.7 Å². The Balaban J connectivity index is 2.30. The molecule has 0 saturated carbocycles. The van der Waals surface area contributed by atoms with Crippen molar-refractivity contribution in [2.75, 3.05) is 6.54 Å². The standard InChI is InChI=1S/C12H14BrNS2/c1-3-14-12(9-4-8(2)15-6-9)10-5-11(13)16-7-10/h4-7,12,14H,3H2,1-2H3. The highest BCUT2D eigenvalue weighted by atomic mass is 79.9. The maximum atomic E-state index is 3.53. The first-order valence-corrected chi connectivity index (χ1v) is 7.78. The second-order valence-electron chi connectivity index (χ2n) is 3.67. The molecule has 0 bridgehead atoms. The van der Waals surface area contributed by atoms with Crippen molar-refractivity contribution >= 4 is 38.6 Å². The van der Waals surface area contributed by atoms with E-state index in [0.717, 1.165) is 6.54 Å². The lowest BCUT2D eigenvalue weighted by atomic mass is 10.0. The van der Waals surface area contributed by atoms with Crippen LogP contribution in [0.5, 0.6) is 0 Å². The van der Waals surface area contributed by atoms with Crippen LogP contribution in [-0.4, -0.2) is 6.54 Å². The summed E-state index contributed by atoms with van der Waals surface area (Å²) < 4.78 is 1.19. The van der Waals surface area contributed by atoms with Crippen LogP contribution >= 0.6 is 38.6 Å². The molecule has 0 aliphatic carbocycles. The quantitative estimate of drug-likeness (QED) is 0.870. The van der Waals surface area contributed by atoms with Gasteiger partial charge in [0.1, 0.15) is 0 Å². The van der Waals surface area contributed by atoms with Crippen LogP contribution < -0.4 is 5.32 Å². The van der Waals surface area contributed by atoms with Crippen LogP contribution in [-0.2, 0) is 0 Å². The van der Waals surface area contributed by atoms with Gasteiger partial charge in [-0.3, -0.25) is 0 Å². The van der Waals surface area contributed by atoms with E-state index in [4.69, 9.17) is 0 Å². The summed E-state index contributed by atoms with van der Waals surface area (Å²) in [5.74, 6) is 0. The Morgan fingerprint density at radius 3 is 2.44 bits per heavy atom. The average molecular weight is 316 g/mol. The monoisotopic (exact) mass is 315 g/mol. The van der Waals surface area contributed by atoms with E-state index in [1.807, 2.05) is 11.3 Å². The molecule has 2 heterocycles. The number of thiophene rings is 2. The third-order valence-electron chi connectivity index (χ3n) is 2.41. The van der Waals surface area contributed by atoms with Crippen molar-refractivity contribution in [2.45, 2.75) is 19.9 Å². The van der Waals surface area contributed by atoms with Crippen molar-refractivity contribution in [3.63, 3.8) is 0 Å². The zero-order chi connectivity index (χ0) is 11.5. The zero-order valence-electron chi connectivity index (χ0n) is 9.29. The average Bonchev–Trinajstić information content (AvgIpc) is 2.84. The number of hydrogen-bond acceptors (Lipinski definition) is 3. The first-order valence-electron chi connectivity index (χ1n) is 5.23. The van der Waals surface area contributed by atoms with Crippen molar-refractivity contribution in [1.29, 1.82) is 0 Å². The summed E-state index contributed by atoms with van der Waals surface area (Å²) in [6.07, 6.45) is 0. The van der Waals surface area contributed by atoms with Crippen LogP contribution in [0.25, 0.3) is 0 Å². The maximum absolute atomic E-state index is 3.53. The predicted octanol–water partition coefficient (Wildman–Crippen LogP) is 4.58. The van der Waals surface area contributed by atoms with E-state index >= 15 is 0 Å². The van der Waals surface area contributed by atoms with Gasteiger partial charge in [-0.15, -0.1) is 22.7 Å². The summed E-state index contributed by atoms with van der Waals surface area (Å²) in [4.78, 5) is 1.37. The molecule has 2 aromatic rings. The van der Waals surface area contributed by atoms with Gasteiger partial charge in [-0.2, -0.15) is 0 Å². The Bertz CT molecular complexity index is 421. The van der Waals surface area contributed by atoms with Gasteiger partial charge < -0.3 is 5.32 Å². The maximum Gasteiger partial charge on any atom is 0.0701 e. The molecule has 0 saturated heterocycles. The summed E-state index contributed by atoms with van der Waals surface area (Å²) in [6, 6.07) is 4.80. The second kappa shape index (κ2) is 5.45. The molecule has 86 valence electrons. The second-order valence-corrected chi connectivity index (χ2v) is 7.07. The summed E-state index contributed by atoms with van der Waals surface area (Å²) in [7, 11) is 0. The fraction of sp³-hybridized carbons (Fsp3) is 0.333. The fourth-order valence-corrected chi connectivity index (χ4v) is 3.65. The molecule has 1 atom stereocenters. The SMILES string of the molecule is CCNC(c1csc(C)c1)c1csc(Br)c1. The molecular formula is C12H14BrNS2. The van der Waals surface area contributed by atoms with Gasteiger partial charge in [-0.1, -0.05) is 6.92 Å². The molecule has 2 aromatic heterocycles. The molecule has 4 heteroatoms. The van der Waals surface area contributed by atoms with Gasteiger partial charge in [0.15, 0.2) is 0 Å². The van der Waals surface area contributed by atoms with Gasteiger partial charge in [0.2, 0.25) is 0 Å². The highest BCUT2D eigenvalue weighted by Crippen LogP contribution is 2.31. The molecule has 1 unspecified atom stereocenters. The van der Waals surface area contributed by atoms with Crippen LogP contribution in [0.3, 0.4) is 0 Å². The summed E-state index contributed by atoms with van der Waals surface area (Å²) in [6.45, 7) is 5.28. The number of rotatable bonds is 4. The Morgan fingerprint density at radius 1 is 1.25 bits per heavy atom. The van der Waals surface area contributed by atoms with Crippen molar-refractivity contribution in [1.82, 2.24) is 5.32 Å². The lowest BCUT2D eigenvalue weighted by Crippen LogP contribution is -2.20. The molecule has 1 nitrogen and oxygen atoms in total.